The van der Waals surface area contributed by atoms with E-state index in [1.54, 1.807) is 17.9 Å². The van der Waals surface area contributed by atoms with Gasteiger partial charge in [0.05, 0.1) is 10.7 Å². The second-order valence-electron chi connectivity index (χ2n) is 5.18. The van der Waals surface area contributed by atoms with Crippen LogP contribution in [-0.2, 0) is 0 Å². The molecule has 1 aliphatic heterocycles. The van der Waals surface area contributed by atoms with E-state index in [9.17, 15) is 4.79 Å². The Hall–Kier alpha value is -2.21. The van der Waals surface area contributed by atoms with E-state index in [0.29, 0.717) is 24.7 Å². The van der Waals surface area contributed by atoms with Gasteiger partial charge in [0, 0.05) is 32.2 Å². The molecule has 0 radical (unpaired) electrons. The number of rotatable bonds is 2. The number of hydrogen-bond donors (Lipinski definition) is 1. The summed E-state index contributed by atoms with van der Waals surface area (Å²) in [6, 6.07) is 9.28. The van der Waals surface area contributed by atoms with Gasteiger partial charge in [-0.2, -0.15) is 0 Å². The number of aromatic nitrogens is 1. The standard InChI is InChI=1S/C15H17ClN4O2/c1-11-10-14(18-22-11)17-15(21)20-8-6-19(7-9-20)13-5-3-2-4-12(13)16/h2-5,10H,6-9H2,1H3,(H,17,18,21). The van der Waals surface area contributed by atoms with Crippen molar-refractivity contribution in [2.45, 2.75) is 6.92 Å². The molecule has 0 saturated carbocycles. The van der Waals surface area contributed by atoms with Crippen LogP contribution < -0.4 is 10.2 Å². The lowest BCUT2D eigenvalue weighted by atomic mass is 10.2. The number of benzene rings is 1. The highest BCUT2D eigenvalue weighted by Gasteiger charge is 2.22. The van der Waals surface area contributed by atoms with Crippen molar-refractivity contribution in [3.8, 4) is 0 Å². The van der Waals surface area contributed by atoms with Crippen LogP contribution in [0.15, 0.2) is 34.9 Å². The molecule has 0 bridgehead atoms. The minimum absolute atomic E-state index is 0.160. The lowest BCUT2D eigenvalue weighted by Gasteiger charge is -2.36. The second kappa shape index (κ2) is 6.27. The molecule has 0 spiro atoms. The first-order valence-electron chi connectivity index (χ1n) is 7.12. The Morgan fingerprint density at radius 1 is 1.27 bits per heavy atom. The summed E-state index contributed by atoms with van der Waals surface area (Å²) in [6.07, 6.45) is 0. The summed E-state index contributed by atoms with van der Waals surface area (Å²) in [5.74, 6) is 1.11. The molecule has 1 aromatic carbocycles. The van der Waals surface area contributed by atoms with Crippen molar-refractivity contribution in [1.29, 1.82) is 0 Å². The van der Waals surface area contributed by atoms with Crippen molar-refractivity contribution in [1.82, 2.24) is 10.1 Å². The SMILES string of the molecule is Cc1cc(NC(=O)N2CCN(c3ccccc3Cl)CC2)no1. The summed E-state index contributed by atoms with van der Waals surface area (Å²) in [4.78, 5) is 16.1. The van der Waals surface area contributed by atoms with Gasteiger partial charge in [-0.3, -0.25) is 5.32 Å². The van der Waals surface area contributed by atoms with Crippen LogP contribution in [0.1, 0.15) is 5.76 Å². The predicted molar refractivity (Wildman–Crippen MR) is 85.5 cm³/mol. The molecule has 2 aromatic rings. The van der Waals surface area contributed by atoms with Crippen molar-refractivity contribution < 1.29 is 9.32 Å². The summed E-state index contributed by atoms with van der Waals surface area (Å²) in [5.41, 5.74) is 1.01. The molecule has 116 valence electrons. The third kappa shape index (κ3) is 3.17. The van der Waals surface area contributed by atoms with E-state index in [2.05, 4.69) is 15.4 Å². The van der Waals surface area contributed by atoms with E-state index >= 15 is 0 Å². The van der Waals surface area contributed by atoms with Crippen LogP contribution in [0, 0.1) is 6.92 Å². The number of nitrogens with one attached hydrogen (secondary N) is 1. The second-order valence-corrected chi connectivity index (χ2v) is 5.59. The van der Waals surface area contributed by atoms with Crippen LogP contribution in [0.2, 0.25) is 5.02 Å². The van der Waals surface area contributed by atoms with E-state index in [1.165, 1.54) is 0 Å². The number of carbonyl (C=O) groups is 1. The molecule has 1 fully saturated rings. The van der Waals surface area contributed by atoms with Gasteiger partial charge in [-0.25, -0.2) is 4.79 Å². The monoisotopic (exact) mass is 320 g/mol. The maximum absolute atomic E-state index is 12.2. The van der Waals surface area contributed by atoms with Gasteiger partial charge in [-0.15, -0.1) is 0 Å². The van der Waals surface area contributed by atoms with E-state index in [1.807, 2.05) is 24.3 Å². The zero-order valence-corrected chi connectivity index (χ0v) is 13.0. The molecule has 6 nitrogen and oxygen atoms in total. The van der Waals surface area contributed by atoms with Crippen LogP contribution in [-0.4, -0.2) is 42.3 Å². The van der Waals surface area contributed by atoms with Gasteiger partial charge < -0.3 is 14.3 Å². The van der Waals surface area contributed by atoms with Crippen LogP contribution in [0.4, 0.5) is 16.3 Å². The lowest BCUT2D eigenvalue weighted by molar-refractivity contribution is 0.208. The zero-order valence-electron chi connectivity index (χ0n) is 12.3. The molecule has 22 heavy (non-hydrogen) atoms. The van der Waals surface area contributed by atoms with E-state index < -0.39 is 0 Å². The summed E-state index contributed by atoms with van der Waals surface area (Å²) in [6.45, 7) is 4.54. The van der Waals surface area contributed by atoms with Gasteiger partial charge >= 0.3 is 6.03 Å². The Balaban J connectivity index is 1.57. The van der Waals surface area contributed by atoms with E-state index in [0.717, 1.165) is 23.8 Å². The Labute approximate surface area is 133 Å². The average molecular weight is 321 g/mol. The highest BCUT2D eigenvalue weighted by atomic mass is 35.5. The fourth-order valence-electron chi connectivity index (χ4n) is 2.47. The molecule has 2 heterocycles. The van der Waals surface area contributed by atoms with Crippen LogP contribution in [0.5, 0.6) is 0 Å². The van der Waals surface area contributed by atoms with E-state index in [4.69, 9.17) is 16.1 Å². The number of aryl methyl sites for hydroxylation is 1. The first-order valence-corrected chi connectivity index (χ1v) is 7.50. The summed E-state index contributed by atoms with van der Waals surface area (Å²) < 4.78 is 4.93. The first-order chi connectivity index (χ1) is 10.6. The highest BCUT2D eigenvalue weighted by Crippen LogP contribution is 2.26. The Morgan fingerprint density at radius 3 is 2.64 bits per heavy atom. The quantitative estimate of drug-likeness (QED) is 0.924. The molecular formula is C15H17ClN4O2. The zero-order chi connectivity index (χ0) is 15.5. The van der Waals surface area contributed by atoms with Gasteiger partial charge in [-0.05, 0) is 19.1 Å². The largest absolute Gasteiger partial charge is 0.367 e. The van der Waals surface area contributed by atoms with Crippen molar-refractivity contribution in [3.63, 3.8) is 0 Å². The molecule has 1 aromatic heterocycles. The number of anilines is 2. The smallest absolute Gasteiger partial charge is 0.323 e. The molecule has 1 aliphatic rings. The fraction of sp³-hybridized carbons (Fsp3) is 0.333. The van der Waals surface area contributed by atoms with Crippen molar-refractivity contribution >= 4 is 29.1 Å². The molecule has 0 unspecified atom stereocenters. The summed E-state index contributed by atoms with van der Waals surface area (Å²) >= 11 is 6.21. The van der Waals surface area contributed by atoms with Crippen LogP contribution in [0.25, 0.3) is 0 Å². The maximum Gasteiger partial charge on any atom is 0.323 e. The van der Waals surface area contributed by atoms with E-state index in [-0.39, 0.29) is 6.03 Å². The summed E-state index contributed by atoms with van der Waals surface area (Å²) in [7, 11) is 0. The fourth-order valence-corrected chi connectivity index (χ4v) is 2.73. The highest BCUT2D eigenvalue weighted by molar-refractivity contribution is 6.33. The predicted octanol–water partition coefficient (Wildman–Crippen LogP) is 2.99. The minimum atomic E-state index is -0.160. The molecule has 3 rings (SSSR count). The Kier molecular flexibility index (Phi) is 4.20. The van der Waals surface area contributed by atoms with Crippen molar-refractivity contribution in [3.05, 3.63) is 41.1 Å². The van der Waals surface area contributed by atoms with Crippen LogP contribution >= 0.6 is 11.6 Å². The number of para-hydroxylation sites is 1. The van der Waals surface area contributed by atoms with Gasteiger partial charge in [0.2, 0.25) is 0 Å². The first kappa shape index (κ1) is 14.7. The molecule has 0 aliphatic carbocycles. The van der Waals surface area contributed by atoms with Crippen molar-refractivity contribution in [2.24, 2.45) is 0 Å². The number of nitrogens with zero attached hydrogens (tertiary/aromatic N) is 3. The van der Waals surface area contributed by atoms with Crippen molar-refractivity contribution in [2.75, 3.05) is 36.4 Å². The van der Waals surface area contributed by atoms with Crippen LogP contribution in [0.3, 0.4) is 0 Å². The average Bonchev–Trinajstić information content (AvgIpc) is 2.93. The number of carbonyl (C=O) groups excluding carboxylic acids is 1. The van der Waals surface area contributed by atoms with Gasteiger partial charge in [-0.1, -0.05) is 28.9 Å². The number of halogens is 1. The number of piperazine rings is 1. The topological polar surface area (TPSA) is 61.6 Å². The number of hydrogen-bond acceptors (Lipinski definition) is 4. The van der Waals surface area contributed by atoms with Gasteiger partial charge in [0.25, 0.3) is 0 Å². The molecular weight excluding hydrogens is 304 g/mol. The molecule has 1 N–H and O–H groups in total. The van der Waals surface area contributed by atoms with Gasteiger partial charge in [0.1, 0.15) is 5.76 Å². The maximum atomic E-state index is 12.2. The van der Waals surface area contributed by atoms with Gasteiger partial charge in [0.15, 0.2) is 5.82 Å². The Bertz CT molecular complexity index is 665. The molecule has 1 saturated heterocycles. The Morgan fingerprint density at radius 2 is 2.00 bits per heavy atom. The number of amides is 2. The molecule has 2 amide bonds. The summed E-state index contributed by atoms with van der Waals surface area (Å²) in [5, 5.41) is 7.23. The molecule has 0 atom stereocenters. The minimum Gasteiger partial charge on any atom is -0.367 e. The third-order valence-electron chi connectivity index (χ3n) is 3.62. The lowest BCUT2D eigenvalue weighted by Crippen LogP contribution is -2.50. The third-order valence-corrected chi connectivity index (χ3v) is 3.94. The normalized spacial score (nSPS) is 15.0. The molecule has 7 heteroatoms. The number of urea groups is 1.